The molecule has 0 bridgehead atoms. The van der Waals surface area contributed by atoms with Crippen LogP contribution in [0.25, 0.3) is 10.2 Å². The molecule has 0 amide bonds. The maximum Gasteiger partial charge on any atom is 0.184 e. The average molecular weight is 320 g/mol. The first-order valence-electron chi connectivity index (χ1n) is 8.08. The van der Waals surface area contributed by atoms with E-state index in [0.29, 0.717) is 6.04 Å². The lowest BCUT2D eigenvalue weighted by molar-refractivity contribution is 0.245. The van der Waals surface area contributed by atoms with Gasteiger partial charge in [-0.1, -0.05) is 30.6 Å². The summed E-state index contributed by atoms with van der Waals surface area (Å²) in [6.07, 6.45) is 6.59. The van der Waals surface area contributed by atoms with Crippen molar-refractivity contribution in [2.45, 2.75) is 58.1 Å². The molecule has 2 aromatic rings. The molecule has 0 unspecified atom stereocenters. The second-order valence-corrected chi connectivity index (χ2v) is 7.11. The summed E-state index contributed by atoms with van der Waals surface area (Å²) in [6, 6.07) is 4.46. The number of ether oxygens (including phenoxy) is 2. The van der Waals surface area contributed by atoms with Crippen LogP contribution in [-0.4, -0.2) is 24.2 Å². The van der Waals surface area contributed by atoms with Crippen molar-refractivity contribution in [2.24, 2.45) is 0 Å². The minimum atomic E-state index is 0.132. The first kappa shape index (κ1) is 15.4. The van der Waals surface area contributed by atoms with Gasteiger partial charge in [0.1, 0.15) is 21.7 Å². The quantitative estimate of drug-likeness (QED) is 0.856. The van der Waals surface area contributed by atoms with Crippen LogP contribution in [0.2, 0.25) is 0 Å². The van der Waals surface area contributed by atoms with E-state index in [4.69, 9.17) is 14.5 Å². The molecular weight excluding hydrogens is 296 g/mol. The summed E-state index contributed by atoms with van der Waals surface area (Å²) in [5, 5.41) is 4.57. The van der Waals surface area contributed by atoms with E-state index in [9.17, 15) is 0 Å². The molecule has 1 fully saturated rings. The molecule has 1 heterocycles. The van der Waals surface area contributed by atoms with E-state index in [2.05, 4.69) is 5.32 Å². The summed E-state index contributed by atoms with van der Waals surface area (Å²) in [7, 11) is 1.70. The van der Waals surface area contributed by atoms with Gasteiger partial charge in [0.05, 0.1) is 13.2 Å². The van der Waals surface area contributed by atoms with Crippen molar-refractivity contribution in [1.29, 1.82) is 0 Å². The number of rotatable bonds is 5. The Hall–Kier alpha value is -1.49. The van der Waals surface area contributed by atoms with Crippen LogP contribution in [0.15, 0.2) is 12.1 Å². The van der Waals surface area contributed by atoms with Gasteiger partial charge in [0, 0.05) is 6.04 Å². The van der Waals surface area contributed by atoms with Crippen LogP contribution in [0.4, 0.5) is 5.13 Å². The number of benzene rings is 1. The first-order valence-corrected chi connectivity index (χ1v) is 8.89. The molecular formula is C17H24N2O2S. The number of hydrogen-bond donors (Lipinski definition) is 1. The highest BCUT2D eigenvalue weighted by Crippen LogP contribution is 2.39. The van der Waals surface area contributed by atoms with Gasteiger partial charge in [0.25, 0.3) is 0 Å². The van der Waals surface area contributed by atoms with Crippen LogP contribution in [-0.2, 0) is 0 Å². The Labute approximate surface area is 135 Å². The summed E-state index contributed by atoms with van der Waals surface area (Å²) in [6.45, 7) is 4.06. The van der Waals surface area contributed by atoms with Crippen molar-refractivity contribution in [3.8, 4) is 11.5 Å². The summed E-state index contributed by atoms with van der Waals surface area (Å²) < 4.78 is 12.4. The molecule has 1 saturated carbocycles. The Bertz CT molecular complexity index is 633. The van der Waals surface area contributed by atoms with E-state index < -0.39 is 0 Å². The van der Waals surface area contributed by atoms with Crippen molar-refractivity contribution in [3.05, 3.63) is 12.1 Å². The fourth-order valence-electron chi connectivity index (χ4n) is 2.95. The van der Waals surface area contributed by atoms with Crippen LogP contribution in [0, 0.1) is 0 Å². The molecule has 3 rings (SSSR count). The summed E-state index contributed by atoms with van der Waals surface area (Å²) in [5.41, 5.74) is 0.899. The van der Waals surface area contributed by atoms with Gasteiger partial charge in [-0.2, -0.15) is 0 Å². The maximum absolute atomic E-state index is 5.89. The second kappa shape index (κ2) is 6.73. The molecule has 0 aliphatic heterocycles. The van der Waals surface area contributed by atoms with E-state index in [1.807, 2.05) is 26.0 Å². The third-order valence-corrected chi connectivity index (χ3v) is 4.99. The van der Waals surface area contributed by atoms with Gasteiger partial charge in [0.2, 0.25) is 0 Å². The van der Waals surface area contributed by atoms with E-state index in [1.165, 1.54) is 32.1 Å². The summed E-state index contributed by atoms with van der Waals surface area (Å²) in [5.74, 6) is 1.69. The third kappa shape index (κ3) is 3.29. The molecule has 0 spiro atoms. The molecule has 120 valence electrons. The highest BCUT2D eigenvalue weighted by atomic mass is 32.1. The molecule has 22 heavy (non-hydrogen) atoms. The SMILES string of the molecule is COc1ccc(OC(C)C)c2nc(NC3CCCCC3)sc12. The van der Waals surface area contributed by atoms with Crippen LogP contribution < -0.4 is 14.8 Å². The monoisotopic (exact) mass is 320 g/mol. The van der Waals surface area contributed by atoms with E-state index in [-0.39, 0.29) is 6.10 Å². The normalized spacial score (nSPS) is 16.2. The van der Waals surface area contributed by atoms with Gasteiger partial charge in [0.15, 0.2) is 5.13 Å². The van der Waals surface area contributed by atoms with Crippen LogP contribution in [0.5, 0.6) is 11.5 Å². The highest BCUT2D eigenvalue weighted by Gasteiger charge is 2.18. The lowest BCUT2D eigenvalue weighted by Crippen LogP contribution is -2.21. The minimum absolute atomic E-state index is 0.132. The standard InChI is InChI=1S/C17H24N2O2S/c1-11(2)21-13-9-10-14(20-3)16-15(13)19-17(22-16)18-12-7-5-4-6-8-12/h9-12H,4-8H2,1-3H3,(H,18,19). The molecule has 0 atom stereocenters. The van der Waals surface area contributed by atoms with Crippen LogP contribution in [0.1, 0.15) is 46.0 Å². The van der Waals surface area contributed by atoms with Gasteiger partial charge in [-0.15, -0.1) is 0 Å². The minimum Gasteiger partial charge on any atom is -0.495 e. The zero-order chi connectivity index (χ0) is 15.5. The number of fused-ring (bicyclic) bond motifs is 1. The van der Waals surface area contributed by atoms with Crippen LogP contribution >= 0.6 is 11.3 Å². The number of methoxy groups -OCH3 is 1. The number of hydrogen-bond acceptors (Lipinski definition) is 5. The predicted molar refractivity (Wildman–Crippen MR) is 92.4 cm³/mol. The lowest BCUT2D eigenvalue weighted by Gasteiger charge is -2.22. The second-order valence-electron chi connectivity index (χ2n) is 6.11. The molecule has 0 radical (unpaired) electrons. The predicted octanol–water partition coefficient (Wildman–Crippen LogP) is 4.84. The molecule has 4 nitrogen and oxygen atoms in total. The Morgan fingerprint density at radius 3 is 2.59 bits per heavy atom. The Morgan fingerprint density at radius 1 is 1.18 bits per heavy atom. The molecule has 5 heteroatoms. The Morgan fingerprint density at radius 2 is 1.91 bits per heavy atom. The number of anilines is 1. The van der Waals surface area contributed by atoms with Gasteiger partial charge >= 0.3 is 0 Å². The number of nitrogens with zero attached hydrogens (tertiary/aromatic N) is 1. The fourth-order valence-corrected chi connectivity index (χ4v) is 4.00. The average Bonchev–Trinajstić information content (AvgIpc) is 2.92. The zero-order valence-corrected chi connectivity index (χ0v) is 14.3. The van der Waals surface area contributed by atoms with Gasteiger partial charge < -0.3 is 14.8 Å². The van der Waals surface area contributed by atoms with E-state index in [0.717, 1.165) is 26.8 Å². The topological polar surface area (TPSA) is 43.4 Å². The summed E-state index contributed by atoms with van der Waals surface area (Å²) >= 11 is 1.66. The molecule has 1 N–H and O–H groups in total. The highest BCUT2D eigenvalue weighted by molar-refractivity contribution is 7.22. The van der Waals surface area contributed by atoms with E-state index in [1.54, 1.807) is 18.4 Å². The number of thiazole rings is 1. The molecule has 1 aliphatic rings. The van der Waals surface area contributed by atoms with Crippen molar-refractivity contribution in [3.63, 3.8) is 0 Å². The molecule has 1 aromatic heterocycles. The van der Waals surface area contributed by atoms with Crippen molar-refractivity contribution in [1.82, 2.24) is 4.98 Å². The van der Waals surface area contributed by atoms with Crippen LogP contribution in [0.3, 0.4) is 0 Å². The molecule has 1 aromatic carbocycles. The van der Waals surface area contributed by atoms with Crippen molar-refractivity contribution >= 4 is 26.7 Å². The smallest absolute Gasteiger partial charge is 0.184 e. The molecule has 1 aliphatic carbocycles. The summed E-state index contributed by atoms with van der Waals surface area (Å²) in [4.78, 5) is 4.77. The number of aromatic nitrogens is 1. The lowest BCUT2D eigenvalue weighted by atomic mass is 9.96. The Kier molecular flexibility index (Phi) is 4.71. The third-order valence-electron chi connectivity index (χ3n) is 3.99. The first-order chi connectivity index (χ1) is 10.7. The van der Waals surface area contributed by atoms with Gasteiger partial charge in [-0.05, 0) is 38.8 Å². The molecule has 0 saturated heterocycles. The fraction of sp³-hybridized carbons (Fsp3) is 0.588. The van der Waals surface area contributed by atoms with Crippen molar-refractivity contribution in [2.75, 3.05) is 12.4 Å². The Balaban J connectivity index is 1.91. The maximum atomic E-state index is 5.89. The number of nitrogens with one attached hydrogen (secondary N) is 1. The van der Waals surface area contributed by atoms with Gasteiger partial charge in [-0.3, -0.25) is 0 Å². The van der Waals surface area contributed by atoms with E-state index >= 15 is 0 Å². The van der Waals surface area contributed by atoms with Crippen molar-refractivity contribution < 1.29 is 9.47 Å². The van der Waals surface area contributed by atoms with Gasteiger partial charge in [-0.25, -0.2) is 4.98 Å². The zero-order valence-electron chi connectivity index (χ0n) is 13.5. The largest absolute Gasteiger partial charge is 0.495 e.